The fraction of sp³-hybridized carbons (Fsp3) is 0.909. The van der Waals surface area contributed by atoms with E-state index in [0.29, 0.717) is 5.92 Å². The van der Waals surface area contributed by atoms with Crippen molar-refractivity contribution in [2.24, 2.45) is 17.3 Å². The molecular weight excluding hydrogens is 164 g/mol. The predicted molar refractivity (Wildman–Crippen MR) is 50.4 cm³/mol. The van der Waals surface area contributed by atoms with Crippen LogP contribution in [0.5, 0.6) is 0 Å². The van der Waals surface area contributed by atoms with Crippen LogP contribution in [0.1, 0.15) is 45.4 Å². The van der Waals surface area contributed by atoms with Crippen molar-refractivity contribution in [3.8, 4) is 0 Å². The summed E-state index contributed by atoms with van der Waals surface area (Å²) >= 11 is 0. The number of hydrogen-bond acceptors (Lipinski definition) is 1. The summed E-state index contributed by atoms with van der Waals surface area (Å²) in [4.78, 5) is 11.1. The summed E-state index contributed by atoms with van der Waals surface area (Å²) in [6.07, 6.45) is 6.97. The molecule has 13 heavy (non-hydrogen) atoms. The smallest absolute Gasteiger partial charge is 0.309 e. The molecule has 1 atom stereocenters. The van der Waals surface area contributed by atoms with E-state index in [0.717, 1.165) is 31.6 Å². The van der Waals surface area contributed by atoms with E-state index in [1.165, 1.54) is 12.8 Å². The lowest BCUT2D eigenvalue weighted by Crippen LogP contribution is -2.29. The third-order valence-electron chi connectivity index (χ3n) is 3.74. The van der Waals surface area contributed by atoms with Gasteiger partial charge >= 0.3 is 5.97 Å². The molecule has 0 heterocycles. The van der Waals surface area contributed by atoms with Crippen LogP contribution in [0.3, 0.4) is 0 Å². The van der Waals surface area contributed by atoms with Gasteiger partial charge in [-0.25, -0.2) is 0 Å². The zero-order valence-corrected chi connectivity index (χ0v) is 8.25. The summed E-state index contributed by atoms with van der Waals surface area (Å²) < 4.78 is 0. The van der Waals surface area contributed by atoms with E-state index >= 15 is 0 Å². The standard InChI is InChI=1S/C11H18O2/c1-11(10(12)13,9-4-5-9)7-6-8-2-3-8/h8-9H,2-7H2,1H3,(H,12,13). The Morgan fingerprint density at radius 1 is 1.38 bits per heavy atom. The maximum atomic E-state index is 11.1. The molecule has 2 nitrogen and oxygen atoms in total. The average Bonchev–Trinajstić information content (AvgIpc) is 2.89. The van der Waals surface area contributed by atoms with Crippen molar-refractivity contribution in [3.63, 3.8) is 0 Å². The van der Waals surface area contributed by atoms with Gasteiger partial charge in [0.2, 0.25) is 0 Å². The van der Waals surface area contributed by atoms with Gasteiger partial charge in [0.15, 0.2) is 0 Å². The van der Waals surface area contributed by atoms with E-state index in [1.54, 1.807) is 0 Å². The number of carbonyl (C=O) groups is 1. The highest BCUT2D eigenvalue weighted by Gasteiger charge is 2.47. The highest BCUT2D eigenvalue weighted by atomic mass is 16.4. The molecule has 0 radical (unpaired) electrons. The first kappa shape index (κ1) is 9.04. The third-order valence-corrected chi connectivity index (χ3v) is 3.74. The molecule has 0 aromatic rings. The maximum Gasteiger partial charge on any atom is 0.309 e. The Labute approximate surface area is 79.3 Å². The number of aliphatic carboxylic acids is 1. The van der Waals surface area contributed by atoms with Gasteiger partial charge in [-0.2, -0.15) is 0 Å². The van der Waals surface area contributed by atoms with Crippen molar-refractivity contribution in [1.82, 2.24) is 0 Å². The van der Waals surface area contributed by atoms with Crippen molar-refractivity contribution in [1.29, 1.82) is 0 Å². The van der Waals surface area contributed by atoms with Gasteiger partial charge in [0.25, 0.3) is 0 Å². The van der Waals surface area contributed by atoms with E-state index in [2.05, 4.69) is 0 Å². The molecule has 2 heteroatoms. The van der Waals surface area contributed by atoms with Crippen molar-refractivity contribution in [2.45, 2.75) is 45.4 Å². The van der Waals surface area contributed by atoms with Crippen LogP contribution in [0.2, 0.25) is 0 Å². The molecule has 74 valence electrons. The number of carboxylic acids is 1. The number of carboxylic acid groups (broad SMARTS) is 1. The minimum Gasteiger partial charge on any atom is -0.481 e. The third kappa shape index (κ3) is 1.87. The lowest BCUT2D eigenvalue weighted by atomic mass is 9.80. The van der Waals surface area contributed by atoms with Crippen LogP contribution in [-0.4, -0.2) is 11.1 Å². The molecule has 0 amide bonds. The zero-order chi connectivity index (χ0) is 9.47. The van der Waals surface area contributed by atoms with E-state index in [4.69, 9.17) is 0 Å². The highest BCUT2D eigenvalue weighted by molar-refractivity contribution is 5.75. The summed E-state index contributed by atoms with van der Waals surface area (Å²) in [5.74, 6) is 0.761. The van der Waals surface area contributed by atoms with Gasteiger partial charge in [-0.05, 0) is 44.4 Å². The normalized spacial score (nSPS) is 26.8. The summed E-state index contributed by atoms with van der Waals surface area (Å²) in [7, 11) is 0. The van der Waals surface area contributed by atoms with Crippen molar-refractivity contribution >= 4 is 5.97 Å². The van der Waals surface area contributed by atoms with Gasteiger partial charge in [-0.15, -0.1) is 0 Å². The van der Waals surface area contributed by atoms with E-state index in [9.17, 15) is 9.90 Å². The van der Waals surface area contributed by atoms with Gasteiger partial charge in [-0.3, -0.25) is 4.79 Å². The molecule has 0 aliphatic heterocycles. The fourth-order valence-electron chi connectivity index (χ4n) is 2.12. The molecule has 0 aromatic heterocycles. The quantitative estimate of drug-likeness (QED) is 0.709. The molecule has 2 fully saturated rings. The Morgan fingerprint density at radius 2 is 2.00 bits per heavy atom. The number of hydrogen-bond donors (Lipinski definition) is 1. The van der Waals surface area contributed by atoms with Gasteiger partial charge in [0.05, 0.1) is 5.41 Å². The lowest BCUT2D eigenvalue weighted by Gasteiger charge is -2.24. The fourth-order valence-corrected chi connectivity index (χ4v) is 2.12. The first-order valence-corrected chi connectivity index (χ1v) is 5.36. The number of rotatable bonds is 5. The Morgan fingerprint density at radius 3 is 2.38 bits per heavy atom. The molecule has 2 saturated carbocycles. The monoisotopic (exact) mass is 182 g/mol. The van der Waals surface area contributed by atoms with Crippen LogP contribution in [0.15, 0.2) is 0 Å². The zero-order valence-electron chi connectivity index (χ0n) is 8.25. The topological polar surface area (TPSA) is 37.3 Å². The first-order valence-electron chi connectivity index (χ1n) is 5.36. The molecule has 2 aliphatic carbocycles. The Hall–Kier alpha value is -0.530. The molecule has 1 unspecified atom stereocenters. The molecular formula is C11H18O2. The van der Waals surface area contributed by atoms with Gasteiger partial charge in [0.1, 0.15) is 0 Å². The molecule has 0 saturated heterocycles. The Bertz CT molecular complexity index is 216. The summed E-state index contributed by atoms with van der Waals surface area (Å²) in [5, 5.41) is 9.18. The van der Waals surface area contributed by atoms with Gasteiger partial charge in [-0.1, -0.05) is 12.8 Å². The Kier molecular flexibility index (Phi) is 2.09. The largest absolute Gasteiger partial charge is 0.481 e. The summed E-state index contributed by atoms with van der Waals surface area (Å²) in [6, 6.07) is 0. The molecule has 0 aromatic carbocycles. The van der Waals surface area contributed by atoms with Gasteiger partial charge in [0, 0.05) is 0 Å². The molecule has 2 aliphatic rings. The predicted octanol–water partition coefficient (Wildman–Crippen LogP) is 2.68. The van der Waals surface area contributed by atoms with Gasteiger partial charge < -0.3 is 5.11 Å². The van der Waals surface area contributed by atoms with Crippen LogP contribution >= 0.6 is 0 Å². The molecule has 2 rings (SSSR count). The van der Waals surface area contributed by atoms with E-state index < -0.39 is 11.4 Å². The van der Waals surface area contributed by atoms with Crippen LogP contribution in [0.25, 0.3) is 0 Å². The van der Waals surface area contributed by atoms with Crippen molar-refractivity contribution in [2.75, 3.05) is 0 Å². The molecule has 0 spiro atoms. The summed E-state index contributed by atoms with van der Waals surface area (Å²) in [5.41, 5.74) is -0.400. The minimum atomic E-state index is -0.573. The van der Waals surface area contributed by atoms with Crippen LogP contribution in [0, 0.1) is 17.3 Å². The second-order valence-corrected chi connectivity index (χ2v) is 4.98. The highest BCUT2D eigenvalue weighted by Crippen LogP contribution is 2.50. The van der Waals surface area contributed by atoms with Crippen LogP contribution in [-0.2, 0) is 4.79 Å². The second kappa shape index (κ2) is 3.00. The average molecular weight is 182 g/mol. The minimum absolute atomic E-state index is 0.400. The second-order valence-electron chi connectivity index (χ2n) is 4.98. The molecule has 1 N–H and O–H groups in total. The first-order chi connectivity index (χ1) is 6.13. The molecule has 0 bridgehead atoms. The summed E-state index contributed by atoms with van der Waals surface area (Å²) in [6.45, 7) is 1.94. The lowest BCUT2D eigenvalue weighted by molar-refractivity contribution is -0.149. The SMILES string of the molecule is CC(CCC1CC1)(C(=O)O)C1CC1. The van der Waals surface area contributed by atoms with Crippen LogP contribution in [0.4, 0.5) is 0 Å². The van der Waals surface area contributed by atoms with E-state index in [1.807, 2.05) is 6.92 Å². The van der Waals surface area contributed by atoms with E-state index in [-0.39, 0.29) is 0 Å². The van der Waals surface area contributed by atoms with Crippen LogP contribution < -0.4 is 0 Å². The Balaban J connectivity index is 1.90. The van der Waals surface area contributed by atoms with Crippen molar-refractivity contribution < 1.29 is 9.90 Å². The van der Waals surface area contributed by atoms with Crippen molar-refractivity contribution in [3.05, 3.63) is 0 Å². The maximum absolute atomic E-state index is 11.1.